The van der Waals surface area contributed by atoms with E-state index in [1.165, 1.54) is 43.2 Å². The predicted octanol–water partition coefficient (Wildman–Crippen LogP) is 3.48. The Kier molecular flexibility index (Phi) is 6.30. The molecule has 116 valence electrons. The van der Waals surface area contributed by atoms with Crippen LogP contribution in [-0.4, -0.2) is 24.3 Å². The zero-order chi connectivity index (χ0) is 15.1. The number of hydrogen-bond acceptors (Lipinski definition) is 2. The largest absolute Gasteiger partial charge is 0.491 e. The molecule has 1 aliphatic carbocycles. The predicted molar refractivity (Wildman–Crippen MR) is 92.0 cm³/mol. The second-order valence-electron chi connectivity index (χ2n) is 5.85. The molecule has 0 atom stereocenters. The monoisotopic (exact) mass is 306 g/mol. The second-order valence-corrected chi connectivity index (χ2v) is 6.26. The molecule has 0 amide bonds. The quantitative estimate of drug-likeness (QED) is 0.644. The van der Waals surface area contributed by atoms with Crippen molar-refractivity contribution in [1.82, 2.24) is 10.6 Å². The van der Waals surface area contributed by atoms with Crippen LogP contribution in [0.15, 0.2) is 18.2 Å². The molecule has 1 aliphatic rings. The van der Waals surface area contributed by atoms with E-state index in [0.717, 1.165) is 17.4 Å². The lowest BCUT2D eigenvalue weighted by molar-refractivity contribution is 0.319. The van der Waals surface area contributed by atoms with Crippen molar-refractivity contribution in [2.75, 3.05) is 13.2 Å². The highest BCUT2D eigenvalue weighted by Gasteiger charge is 2.13. The molecule has 0 unspecified atom stereocenters. The third kappa shape index (κ3) is 5.54. The fourth-order valence-corrected chi connectivity index (χ4v) is 3.04. The normalized spacial score (nSPS) is 15.5. The minimum Gasteiger partial charge on any atom is -0.491 e. The van der Waals surface area contributed by atoms with Gasteiger partial charge in [-0.3, -0.25) is 0 Å². The van der Waals surface area contributed by atoms with Gasteiger partial charge in [-0.2, -0.15) is 0 Å². The van der Waals surface area contributed by atoms with Crippen molar-refractivity contribution in [2.45, 2.75) is 52.0 Å². The maximum atomic E-state index is 5.78. The Morgan fingerprint density at radius 3 is 2.71 bits per heavy atom. The topological polar surface area (TPSA) is 33.3 Å². The molecule has 2 rings (SSSR count). The molecule has 1 aromatic carbocycles. The summed E-state index contributed by atoms with van der Waals surface area (Å²) in [5, 5.41) is 7.38. The number of benzene rings is 1. The van der Waals surface area contributed by atoms with Crippen LogP contribution in [0.3, 0.4) is 0 Å². The highest BCUT2D eigenvalue weighted by Crippen LogP contribution is 2.18. The molecule has 1 fully saturated rings. The molecule has 0 aliphatic heterocycles. The van der Waals surface area contributed by atoms with E-state index in [-0.39, 0.29) is 0 Å². The highest BCUT2D eigenvalue weighted by atomic mass is 32.1. The average molecular weight is 306 g/mol. The van der Waals surface area contributed by atoms with E-state index < -0.39 is 0 Å². The molecule has 0 aromatic heterocycles. The van der Waals surface area contributed by atoms with Gasteiger partial charge in [-0.05, 0) is 50.5 Å². The SMILES string of the molecule is Cc1ccc(OCCNC(=S)NC2CCCCC2)c(C)c1. The van der Waals surface area contributed by atoms with Crippen LogP contribution in [0.1, 0.15) is 43.2 Å². The smallest absolute Gasteiger partial charge is 0.166 e. The van der Waals surface area contributed by atoms with Gasteiger partial charge < -0.3 is 15.4 Å². The lowest BCUT2D eigenvalue weighted by atomic mass is 9.96. The first kappa shape index (κ1) is 16.1. The van der Waals surface area contributed by atoms with E-state index in [0.29, 0.717) is 12.6 Å². The minimum atomic E-state index is 0.555. The first-order chi connectivity index (χ1) is 10.1. The fraction of sp³-hybridized carbons (Fsp3) is 0.588. The van der Waals surface area contributed by atoms with E-state index in [9.17, 15) is 0 Å². The third-order valence-electron chi connectivity index (χ3n) is 3.92. The van der Waals surface area contributed by atoms with Gasteiger partial charge in [0.25, 0.3) is 0 Å². The summed E-state index contributed by atoms with van der Waals surface area (Å²) in [7, 11) is 0. The zero-order valence-electron chi connectivity index (χ0n) is 13.1. The minimum absolute atomic E-state index is 0.555. The summed E-state index contributed by atoms with van der Waals surface area (Å²) in [6.45, 7) is 5.51. The maximum Gasteiger partial charge on any atom is 0.166 e. The van der Waals surface area contributed by atoms with Gasteiger partial charge in [0, 0.05) is 6.04 Å². The number of ether oxygens (including phenoxy) is 1. The van der Waals surface area contributed by atoms with Gasteiger partial charge >= 0.3 is 0 Å². The first-order valence-corrected chi connectivity index (χ1v) is 8.30. The van der Waals surface area contributed by atoms with Crippen molar-refractivity contribution in [3.05, 3.63) is 29.3 Å². The van der Waals surface area contributed by atoms with Gasteiger partial charge in [-0.1, -0.05) is 37.0 Å². The van der Waals surface area contributed by atoms with Crippen molar-refractivity contribution in [3.8, 4) is 5.75 Å². The molecule has 3 nitrogen and oxygen atoms in total. The van der Waals surface area contributed by atoms with Crippen LogP contribution in [0.5, 0.6) is 5.75 Å². The molecule has 0 radical (unpaired) electrons. The second kappa shape index (κ2) is 8.23. The Bertz CT molecular complexity index is 470. The number of nitrogens with one attached hydrogen (secondary N) is 2. The number of thiocarbonyl (C=S) groups is 1. The van der Waals surface area contributed by atoms with E-state index in [2.05, 4.69) is 36.6 Å². The molecule has 1 aromatic rings. The van der Waals surface area contributed by atoms with E-state index in [1.54, 1.807) is 0 Å². The molecule has 1 saturated carbocycles. The number of rotatable bonds is 5. The van der Waals surface area contributed by atoms with Gasteiger partial charge in [-0.15, -0.1) is 0 Å². The summed E-state index contributed by atoms with van der Waals surface area (Å²) in [4.78, 5) is 0. The van der Waals surface area contributed by atoms with Crippen LogP contribution in [0, 0.1) is 13.8 Å². The summed E-state index contributed by atoms with van der Waals surface area (Å²) in [6, 6.07) is 6.80. The van der Waals surface area contributed by atoms with Gasteiger partial charge in [0.15, 0.2) is 5.11 Å². The molecule has 0 saturated heterocycles. The molecular formula is C17H26N2OS. The van der Waals surface area contributed by atoms with E-state index in [1.807, 2.05) is 6.07 Å². The van der Waals surface area contributed by atoms with Gasteiger partial charge in [-0.25, -0.2) is 0 Å². The molecular weight excluding hydrogens is 280 g/mol. The summed E-state index contributed by atoms with van der Waals surface area (Å²) in [5.74, 6) is 0.952. The van der Waals surface area contributed by atoms with Crippen molar-refractivity contribution >= 4 is 17.3 Å². The van der Waals surface area contributed by atoms with Crippen LogP contribution in [0.25, 0.3) is 0 Å². The summed E-state index contributed by atoms with van der Waals surface area (Å²) in [5.41, 5.74) is 2.44. The number of hydrogen-bond donors (Lipinski definition) is 2. The van der Waals surface area contributed by atoms with Crippen molar-refractivity contribution in [1.29, 1.82) is 0 Å². The lowest BCUT2D eigenvalue weighted by Crippen LogP contribution is -2.43. The van der Waals surface area contributed by atoms with Crippen LogP contribution in [-0.2, 0) is 0 Å². The molecule has 4 heteroatoms. The molecule has 0 spiro atoms. The lowest BCUT2D eigenvalue weighted by Gasteiger charge is -2.24. The Balaban J connectivity index is 1.63. The van der Waals surface area contributed by atoms with Gasteiger partial charge in [0.1, 0.15) is 12.4 Å². The molecule has 0 heterocycles. The Morgan fingerprint density at radius 1 is 1.24 bits per heavy atom. The molecule has 2 N–H and O–H groups in total. The van der Waals surface area contributed by atoms with Crippen molar-refractivity contribution < 1.29 is 4.74 Å². The van der Waals surface area contributed by atoms with Gasteiger partial charge in [0.2, 0.25) is 0 Å². The van der Waals surface area contributed by atoms with Crippen molar-refractivity contribution in [2.24, 2.45) is 0 Å². The standard InChI is InChI=1S/C17H26N2OS/c1-13-8-9-16(14(2)12-13)20-11-10-18-17(21)19-15-6-4-3-5-7-15/h8-9,12,15H,3-7,10-11H2,1-2H3,(H2,18,19,21). The average Bonchev–Trinajstić information content (AvgIpc) is 2.46. The van der Waals surface area contributed by atoms with Crippen molar-refractivity contribution in [3.63, 3.8) is 0 Å². The third-order valence-corrected chi connectivity index (χ3v) is 4.18. The maximum absolute atomic E-state index is 5.78. The summed E-state index contributed by atoms with van der Waals surface area (Å²) >= 11 is 5.33. The van der Waals surface area contributed by atoms with Crippen LogP contribution in [0.2, 0.25) is 0 Å². The van der Waals surface area contributed by atoms with Crippen LogP contribution >= 0.6 is 12.2 Å². The van der Waals surface area contributed by atoms with E-state index >= 15 is 0 Å². The Labute approximate surface area is 133 Å². The zero-order valence-corrected chi connectivity index (χ0v) is 13.9. The molecule has 0 bridgehead atoms. The summed E-state index contributed by atoms with van der Waals surface area (Å²) < 4.78 is 5.78. The molecule has 21 heavy (non-hydrogen) atoms. The first-order valence-electron chi connectivity index (χ1n) is 7.89. The Morgan fingerprint density at radius 2 is 2.00 bits per heavy atom. The fourth-order valence-electron chi connectivity index (χ4n) is 2.77. The van der Waals surface area contributed by atoms with Crippen LogP contribution in [0.4, 0.5) is 0 Å². The number of aryl methyl sites for hydroxylation is 2. The van der Waals surface area contributed by atoms with Gasteiger partial charge in [0.05, 0.1) is 6.54 Å². The summed E-state index contributed by atoms with van der Waals surface area (Å²) in [6.07, 6.45) is 6.47. The van der Waals surface area contributed by atoms with E-state index in [4.69, 9.17) is 17.0 Å². The van der Waals surface area contributed by atoms with Crippen LogP contribution < -0.4 is 15.4 Å². The highest BCUT2D eigenvalue weighted by molar-refractivity contribution is 7.80. The Hall–Kier alpha value is -1.29.